The van der Waals surface area contributed by atoms with Crippen LogP contribution in [0.25, 0.3) is 0 Å². The van der Waals surface area contributed by atoms with E-state index in [1.165, 1.54) is 0 Å². The highest BCUT2D eigenvalue weighted by Crippen LogP contribution is 2.28. The van der Waals surface area contributed by atoms with E-state index in [2.05, 4.69) is 5.32 Å². The molecule has 0 spiro atoms. The van der Waals surface area contributed by atoms with Crippen molar-refractivity contribution in [3.8, 4) is 0 Å². The molecule has 0 radical (unpaired) electrons. The van der Waals surface area contributed by atoms with Crippen molar-refractivity contribution in [2.45, 2.75) is 67.5 Å². The van der Waals surface area contributed by atoms with Crippen LogP contribution < -0.4 is 22.5 Å². The van der Waals surface area contributed by atoms with Gasteiger partial charge in [0, 0.05) is 24.2 Å². The third-order valence-electron chi connectivity index (χ3n) is 5.65. The lowest BCUT2D eigenvalue weighted by Crippen LogP contribution is -2.68. The highest BCUT2D eigenvalue weighted by Gasteiger charge is 2.49. The van der Waals surface area contributed by atoms with Crippen molar-refractivity contribution in [1.29, 1.82) is 0 Å². The van der Waals surface area contributed by atoms with Crippen LogP contribution in [0.5, 0.6) is 0 Å². The summed E-state index contributed by atoms with van der Waals surface area (Å²) < 4.78 is 11.5. The molecule has 11 nitrogen and oxygen atoms in total. The summed E-state index contributed by atoms with van der Waals surface area (Å²) in [6.45, 7) is -0.121. The second kappa shape index (κ2) is 9.64. The molecular formula is C19H30N4O7. The molecule has 30 heavy (non-hydrogen) atoms. The predicted molar refractivity (Wildman–Crippen MR) is 105 cm³/mol. The minimum absolute atomic E-state index is 0.121. The first-order chi connectivity index (χ1) is 14.2. The molecule has 1 aromatic rings. The van der Waals surface area contributed by atoms with Crippen LogP contribution in [0.3, 0.4) is 0 Å². The van der Waals surface area contributed by atoms with Crippen molar-refractivity contribution >= 4 is 5.91 Å². The normalized spacial score (nSPS) is 42.0. The van der Waals surface area contributed by atoms with Crippen LogP contribution in [0.2, 0.25) is 0 Å². The van der Waals surface area contributed by atoms with E-state index in [0.717, 1.165) is 0 Å². The third-order valence-corrected chi connectivity index (χ3v) is 5.65. The lowest BCUT2D eigenvalue weighted by atomic mass is 9.84. The fraction of sp³-hybridized carbons (Fsp3) is 0.632. The molecule has 0 aromatic heterocycles. The van der Waals surface area contributed by atoms with E-state index in [1.807, 2.05) is 0 Å². The maximum absolute atomic E-state index is 12.6. The number of nitrogens with one attached hydrogen (secondary N) is 1. The Morgan fingerprint density at radius 2 is 1.70 bits per heavy atom. The minimum atomic E-state index is -1.46. The van der Waals surface area contributed by atoms with E-state index in [-0.39, 0.29) is 13.0 Å². The average molecular weight is 426 g/mol. The van der Waals surface area contributed by atoms with Crippen LogP contribution in [0.15, 0.2) is 30.3 Å². The van der Waals surface area contributed by atoms with Crippen molar-refractivity contribution in [3.63, 3.8) is 0 Å². The molecule has 11 heteroatoms. The van der Waals surface area contributed by atoms with Crippen LogP contribution in [0.4, 0.5) is 0 Å². The van der Waals surface area contributed by atoms with E-state index in [0.29, 0.717) is 5.56 Å². The Bertz CT molecular complexity index is 711. The summed E-state index contributed by atoms with van der Waals surface area (Å²) in [4.78, 5) is 12.6. The average Bonchev–Trinajstić information content (AvgIpc) is 2.74. The van der Waals surface area contributed by atoms with Gasteiger partial charge < -0.3 is 52.4 Å². The van der Waals surface area contributed by atoms with Gasteiger partial charge in [0.1, 0.15) is 36.6 Å². The van der Waals surface area contributed by atoms with Gasteiger partial charge in [-0.15, -0.1) is 0 Å². The molecule has 3 rings (SSSR count). The Morgan fingerprint density at radius 1 is 1.03 bits per heavy atom. The standard InChI is InChI=1S/C19H30N4O7/c20-7-11-14(25)15(26)12(23-18(28)8-4-2-1-3-5-8)19(29-11)30-17-10(22)6-9(21)13(24)16(17)27/h1-5,9-17,19,24-27H,6-7,20-22H2,(H,23,28). The van der Waals surface area contributed by atoms with Gasteiger partial charge in [0.05, 0.1) is 6.10 Å². The summed E-state index contributed by atoms with van der Waals surface area (Å²) in [5, 5.41) is 44.0. The lowest BCUT2D eigenvalue weighted by molar-refractivity contribution is -0.290. The fourth-order valence-corrected chi connectivity index (χ4v) is 3.85. The molecule has 2 fully saturated rings. The molecule has 1 heterocycles. The molecular weight excluding hydrogens is 396 g/mol. The maximum Gasteiger partial charge on any atom is 0.251 e. The van der Waals surface area contributed by atoms with Gasteiger partial charge in [-0.25, -0.2) is 0 Å². The first-order valence-corrected chi connectivity index (χ1v) is 9.85. The van der Waals surface area contributed by atoms with E-state index >= 15 is 0 Å². The van der Waals surface area contributed by atoms with E-state index in [4.69, 9.17) is 26.7 Å². The number of aliphatic hydroxyl groups is 4. The van der Waals surface area contributed by atoms with Gasteiger partial charge in [-0.3, -0.25) is 4.79 Å². The Kier molecular flexibility index (Phi) is 7.39. The predicted octanol–water partition coefficient (Wildman–Crippen LogP) is -3.64. The van der Waals surface area contributed by atoms with Gasteiger partial charge in [0.15, 0.2) is 6.29 Å². The molecule has 2 aliphatic rings. The SMILES string of the molecule is NCC1OC(OC2C(N)CC(N)C(O)C2O)C(NC(=O)c2ccccc2)C(O)C1O. The van der Waals surface area contributed by atoms with Crippen molar-refractivity contribution < 1.29 is 34.7 Å². The summed E-state index contributed by atoms with van der Waals surface area (Å²) in [6.07, 6.45) is -8.68. The highest BCUT2D eigenvalue weighted by molar-refractivity contribution is 5.94. The molecule has 1 amide bonds. The zero-order valence-corrected chi connectivity index (χ0v) is 16.3. The Hall–Kier alpha value is -1.67. The summed E-state index contributed by atoms with van der Waals surface area (Å²) >= 11 is 0. The molecule has 1 saturated heterocycles. The van der Waals surface area contributed by atoms with Gasteiger partial charge >= 0.3 is 0 Å². The molecule has 10 unspecified atom stereocenters. The zero-order chi connectivity index (χ0) is 22.0. The van der Waals surface area contributed by atoms with Gasteiger partial charge in [-0.05, 0) is 18.6 Å². The number of carbonyl (C=O) groups excluding carboxylic acids is 1. The summed E-state index contributed by atoms with van der Waals surface area (Å²) in [7, 11) is 0. The fourth-order valence-electron chi connectivity index (χ4n) is 3.85. The van der Waals surface area contributed by atoms with Crippen molar-refractivity contribution in [2.24, 2.45) is 17.2 Å². The Labute approximate surface area is 173 Å². The number of nitrogens with two attached hydrogens (primary N) is 3. The van der Waals surface area contributed by atoms with E-state index in [1.54, 1.807) is 30.3 Å². The number of ether oxygens (including phenoxy) is 2. The number of amides is 1. The molecule has 0 bridgehead atoms. The molecule has 1 aromatic carbocycles. The molecule has 168 valence electrons. The van der Waals surface area contributed by atoms with Crippen LogP contribution in [0.1, 0.15) is 16.8 Å². The van der Waals surface area contributed by atoms with Gasteiger partial charge in [0.2, 0.25) is 0 Å². The van der Waals surface area contributed by atoms with E-state index in [9.17, 15) is 25.2 Å². The molecule has 10 atom stereocenters. The summed E-state index contributed by atoms with van der Waals surface area (Å²) in [6, 6.07) is 5.63. The van der Waals surface area contributed by atoms with E-state index < -0.39 is 66.9 Å². The summed E-state index contributed by atoms with van der Waals surface area (Å²) in [5.41, 5.74) is 17.8. The number of aliphatic hydroxyl groups excluding tert-OH is 4. The Balaban J connectivity index is 1.81. The third kappa shape index (κ3) is 4.64. The molecule has 1 saturated carbocycles. The molecule has 1 aliphatic heterocycles. The van der Waals surface area contributed by atoms with Crippen LogP contribution in [0, 0.1) is 0 Å². The number of rotatable bonds is 5. The second-order valence-electron chi connectivity index (χ2n) is 7.77. The van der Waals surface area contributed by atoms with Gasteiger partial charge in [-0.2, -0.15) is 0 Å². The molecule has 11 N–H and O–H groups in total. The van der Waals surface area contributed by atoms with Gasteiger partial charge in [-0.1, -0.05) is 18.2 Å². The zero-order valence-electron chi connectivity index (χ0n) is 16.3. The van der Waals surface area contributed by atoms with Crippen molar-refractivity contribution in [1.82, 2.24) is 5.32 Å². The monoisotopic (exact) mass is 426 g/mol. The smallest absolute Gasteiger partial charge is 0.251 e. The van der Waals surface area contributed by atoms with Crippen molar-refractivity contribution in [3.05, 3.63) is 35.9 Å². The minimum Gasteiger partial charge on any atom is -0.389 e. The van der Waals surface area contributed by atoms with Crippen LogP contribution >= 0.6 is 0 Å². The van der Waals surface area contributed by atoms with Gasteiger partial charge in [0.25, 0.3) is 5.91 Å². The molecule has 1 aliphatic carbocycles. The quantitative estimate of drug-likeness (QED) is 0.232. The number of benzene rings is 1. The topological polar surface area (TPSA) is 207 Å². The summed E-state index contributed by atoms with van der Waals surface area (Å²) in [5.74, 6) is -0.522. The Morgan fingerprint density at radius 3 is 2.33 bits per heavy atom. The van der Waals surface area contributed by atoms with Crippen LogP contribution in [-0.2, 0) is 9.47 Å². The van der Waals surface area contributed by atoms with Crippen molar-refractivity contribution in [2.75, 3.05) is 6.54 Å². The van der Waals surface area contributed by atoms with Crippen LogP contribution in [-0.4, -0.2) is 93.9 Å². The highest BCUT2D eigenvalue weighted by atomic mass is 16.7. The number of carbonyl (C=O) groups is 1. The second-order valence-corrected chi connectivity index (χ2v) is 7.77. The first-order valence-electron chi connectivity index (χ1n) is 9.85. The number of hydrogen-bond donors (Lipinski definition) is 8. The lowest BCUT2D eigenvalue weighted by Gasteiger charge is -2.46. The maximum atomic E-state index is 12.6. The first kappa shape index (κ1) is 23.0. The number of hydrogen-bond acceptors (Lipinski definition) is 10. The largest absolute Gasteiger partial charge is 0.389 e.